The number of piperazine rings is 1. The van der Waals surface area contributed by atoms with Gasteiger partial charge in [0.25, 0.3) is 0 Å². The molecule has 0 radical (unpaired) electrons. The predicted molar refractivity (Wildman–Crippen MR) is 81.5 cm³/mol. The van der Waals surface area contributed by atoms with E-state index < -0.39 is 5.54 Å². The Balaban J connectivity index is 1.69. The van der Waals surface area contributed by atoms with Crippen LogP contribution < -0.4 is 11.1 Å². The van der Waals surface area contributed by atoms with Crippen LogP contribution in [0, 0.1) is 5.92 Å². The van der Waals surface area contributed by atoms with Gasteiger partial charge in [-0.1, -0.05) is 19.8 Å². The SMILES string of the molecule is CC1CCCC(N)(C(=O)NCCN2CCN(C)CC2)C1. The minimum absolute atomic E-state index is 0.0539. The molecule has 0 spiro atoms. The van der Waals surface area contributed by atoms with E-state index >= 15 is 0 Å². The molecule has 2 aliphatic rings. The van der Waals surface area contributed by atoms with E-state index in [1.54, 1.807) is 0 Å². The molecule has 0 aromatic carbocycles. The molecule has 1 amide bonds. The van der Waals surface area contributed by atoms with Gasteiger partial charge in [0.05, 0.1) is 5.54 Å². The van der Waals surface area contributed by atoms with Crippen LogP contribution in [0.3, 0.4) is 0 Å². The summed E-state index contributed by atoms with van der Waals surface area (Å²) in [5.41, 5.74) is 5.67. The molecule has 2 unspecified atom stereocenters. The van der Waals surface area contributed by atoms with Crippen molar-refractivity contribution in [3.05, 3.63) is 0 Å². The Morgan fingerprint density at radius 2 is 2.05 bits per heavy atom. The van der Waals surface area contributed by atoms with E-state index in [9.17, 15) is 4.79 Å². The lowest BCUT2D eigenvalue weighted by atomic mass is 9.76. The molecule has 0 bridgehead atoms. The second-order valence-electron chi connectivity index (χ2n) is 6.76. The summed E-state index contributed by atoms with van der Waals surface area (Å²) in [6.45, 7) is 8.27. The molecule has 0 aromatic heterocycles. The third-order valence-electron chi connectivity index (χ3n) is 4.79. The Bertz CT molecular complexity index is 328. The third kappa shape index (κ3) is 4.17. The summed E-state index contributed by atoms with van der Waals surface area (Å²) in [5.74, 6) is 0.621. The van der Waals surface area contributed by atoms with Gasteiger partial charge in [-0.15, -0.1) is 0 Å². The smallest absolute Gasteiger partial charge is 0.240 e. The van der Waals surface area contributed by atoms with E-state index in [0.29, 0.717) is 5.92 Å². The molecule has 1 aliphatic heterocycles. The number of nitrogens with one attached hydrogen (secondary N) is 1. The minimum Gasteiger partial charge on any atom is -0.353 e. The number of likely N-dealkylation sites (N-methyl/N-ethyl adjacent to an activating group) is 1. The lowest BCUT2D eigenvalue weighted by molar-refractivity contribution is -0.128. The Morgan fingerprint density at radius 3 is 2.70 bits per heavy atom. The van der Waals surface area contributed by atoms with Crippen molar-refractivity contribution in [3.63, 3.8) is 0 Å². The van der Waals surface area contributed by atoms with Gasteiger partial charge >= 0.3 is 0 Å². The Morgan fingerprint density at radius 1 is 1.35 bits per heavy atom. The molecule has 2 atom stereocenters. The molecule has 1 heterocycles. The van der Waals surface area contributed by atoms with E-state index in [-0.39, 0.29) is 5.91 Å². The van der Waals surface area contributed by atoms with Crippen molar-refractivity contribution in [3.8, 4) is 0 Å². The van der Waals surface area contributed by atoms with Crippen molar-refractivity contribution >= 4 is 5.91 Å². The molecule has 5 heteroatoms. The maximum Gasteiger partial charge on any atom is 0.240 e. The van der Waals surface area contributed by atoms with E-state index in [2.05, 4.69) is 29.1 Å². The lowest BCUT2D eigenvalue weighted by Gasteiger charge is -2.36. The van der Waals surface area contributed by atoms with Gasteiger partial charge in [0.2, 0.25) is 5.91 Å². The van der Waals surface area contributed by atoms with Crippen LogP contribution in [0.1, 0.15) is 32.6 Å². The number of hydrogen-bond acceptors (Lipinski definition) is 4. The summed E-state index contributed by atoms with van der Waals surface area (Å²) in [7, 11) is 2.15. The molecule has 116 valence electrons. The first-order valence-corrected chi connectivity index (χ1v) is 7.98. The molecule has 1 aliphatic carbocycles. The standard InChI is InChI=1S/C15H30N4O/c1-13-4-3-5-15(16,12-13)14(20)17-6-7-19-10-8-18(2)9-11-19/h13H,3-12,16H2,1-2H3,(H,17,20). The fourth-order valence-electron chi connectivity index (χ4n) is 3.37. The molecule has 3 N–H and O–H groups in total. The van der Waals surface area contributed by atoms with Crippen LogP contribution in [0.25, 0.3) is 0 Å². The maximum absolute atomic E-state index is 12.3. The summed E-state index contributed by atoms with van der Waals surface area (Å²) < 4.78 is 0. The van der Waals surface area contributed by atoms with E-state index in [1.165, 1.54) is 6.42 Å². The summed E-state index contributed by atoms with van der Waals surface area (Å²) in [4.78, 5) is 17.0. The maximum atomic E-state index is 12.3. The third-order valence-corrected chi connectivity index (χ3v) is 4.79. The zero-order chi connectivity index (χ0) is 14.6. The summed E-state index contributed by atoms with van der Waals surface area (Å²) in [6, 6.07) is 0. The second kappa shape index (κ2) is 6.87. The second-order valence-corrected chi connectivity index (χ2v) is 6.76. The number of hydrogen-bond donors (Lipinski definition) is 2. The molecule has 2 rings (SSSR count). The van der Waals surface area contributed by atoms with Gasteiger partial charge in [0, 0.05) is 39.3 Å². The molecule has 1 saturated heterocycles. The molecule has 2 fully saturated rings. The average molecular weight is 282 g/mol. The van der Waals surface area contributed by atoms with Gasteiger partial charge in [-0.2, -0.15) is 0 Å². The highest BCUT2D eigenvalue weighted by Gasteiger charge is 2.37. The quantitative estimate of drug-likeness (QED) is 0.776. The number of amides is 1. The topological polar surface area (TPSA) is 61.6 Å². The zero-order valence-corrected chi connectivity index (χ0v) is 13.0. The van der Waals surface area contributed by atoms with Gasteiger partial charge in [0.1, 0.15) is 0 Å². The molecule has 20 heavy (non-hydrogen) atoms. The van der Waals surface area contributed by atoms with Crippen molar-refractivity contribution in [2.24, 2.45) is 11.7 Å². The molecule has 5 nitrogen and oxygen atoms in total. The molecular formula is C15H30N4O. The Labute approximate surface area is 122 Å². The number of nitrogens with two attached hydrogens (primary N) is 1. The lowest BCUT2D eigenvalue weighted by Crippen LogP contribution is -2.57. The normalized spacial score (nSPS) is 33.0. The Hall–Kier alpha value is -0.650. The van der Waals surface area contributed by atoms with Crippen molar-refractivity contribution in [1.29, 1.82) is 0 Å². The van der Waals surface area contributed by atoms with Crippen LogP contribution in [0.4, 0.5) is 0 Å². The molecule has 1 saturated carbocycles. The summed E-state index contributed by atoms with van der Waals surface area (Å²) in [6.07, 6.45) is 3.93. The van der Waals surface area contributed by atoms with Gasteiger partial charge < -0.3 is 16.0 Å². The largest absolute Gasteiger partial charge is 0.353 e. The van der Waals surface area contributed by atoms with Crippen LogP contribution in [-0.2, 0) is 4.79 Å². The van der Waals surface area contributed by atoms with Crippen molar-refractivity contribution in [2.75, 3.05) is 46.3 Å². The first-order valence-electron chi connectivity index (χ1n) is 7.98. The van der Waals surface area contributed by atoms with E-state index in [4.69, 9.17) is 5.73 Å². The number of carbonyl (C=O) groups is 1. The van der Waals surface area contributed by atoms with Crippen LogP contribution in [0.2, 0.25) is 0 Å². The van der Waals surface area contributed by atoms with Gasteiger partial charge in [0.15, 0.2) is 0 Å². The summed E-state index contributed by atoms with van der Waals surface area (Å²) >= 11 is 0. The van der Waals surface area contributed by atoms with Crippen molar-refractivity contribution in [1.82, 2.24) is 15.1 Å². The van der Waals surface area contributed by atoms with Crippen LogP contribution in [-0.4, -0.2) is 67.6 Å². The first-order chi connectivity index (χ1) is 9.49. The number of carbonyl (C=O) groups excluding carboxylic acids is 1. The average Bonchev–Trinajstić information content (AvgIpc) is 2.40. The molecule has 0 aromatic rings. The van der Waals surface area contributed by atoms with Crippen LogP contribution in [0.15, 0.2) is 0 Å². The Kier molecular flexibility index (Phi) is 5.41. The first kappa shape index (κ1) is 15.7. The van der Waals surface area contributed by atoms with E-state index in [1.807, 2.05) is 0 Å². The monoisotopic (exact) mass is 282 g/mol. The fraction of sp³-hybridized carbons (Fsp3) is 0.933. The van der Waals surface area contributed by atoms with E-state index in [0.717, 1.165) is 58.5 Å². The van der Waals surface area contributed by atoms with Crippen molar-refractivity contribution < 1.29 is 4.79 Å². The minimum atomic E-state index is -0.625. The van der Waals surface area contributed by atoms with Gasteiger partial charge in [-0.05, 0) is 25.8 Å². The fourth-order valence-corrected chi connectivity index (χ4v) is 3.37. The highest BCUT2D eigenvalue weighted by molar-refractivity contribution is 5.86. The highest BCUT2D eigenvalue weighted by atomic mass is 16.2. The van der Waals surface area contributed by atoms with Crippen LogP contribution in [0.5, 0.6) is 0 Å². The predicted octanol–water partition coefficient (Wildman–Crippen LogP) is 0.258. The zero-order valence-electron chi connectivity index (χ0n) is 13.0. The van der Waals surface area contributed by atoms with Crippen molar-refractivity contribution in [2.45, 2.75) is 38.1 Å². The van der Waals surface area contributed by atoms with Crippen LogP contribution >= 0.6 is 0 Å². The summed E-state index contributed by atoms with van der Waals surface area (Å²) in [5, 5.41) is 3.05. The van der Waals surface area contributed by atoms with Gasteiger partial charge in [-0.3, -0.25) is 9.69 Å². The number of nitrogens with zero attached hydrogens (tertiary/aromatic N) is 2. The van der Waals surface area contributed by atoms with Gasteiger partial charge in [-0.25, -0.2) is 0 Å². The number of rotatable bonds is 4. The highest BCUT2D eigenvalue weighted by Crippen LogP contribution is 2.30. The molecular weight excluding hydrogens is 252 g/mol.